The van der Waals surface area contributed by atoms with Crippen molar-refractivity contribution in [3.63, 3.8) is 0 Å². The summed E-state index contributed by atoms with van der Waals surface area (Å²) >= 11 is 6.07. The highest BCUT2D eigenvalue weighted by atomic mass is 35.5. The van der Waals surface area contributed by atoms with E-state index in [1.807, 2.05) is 43.3 Å². The number of amides is 1. The maximum absolute atomic E-state index is 12.4. The highest BCUT2D eigenvalue weighted by Gasteiger charge is 2.18. The molecule has 0 unspecified atom stereocenters. The summed E-state index contributed by atoms with van der Waals surface area (Å²) in [6, 6.07) is 14.8. The zero-order valence-electron chi connectivity index (χ0n) is 12.8. The van der Waals surface area contributed by atoms with Crippen LogP contribution < -0.4 is 5.32 Å². The van der Waals surface area contributed by atoms with Crippen molar-refractivity contribution >= 4 is 23.2 Å². The van der Waals surface area contributed by atoms with Gasteiger partial charge in [0.2, 0.25) is 5.89 Å². The van der Waals surface area contributed by atoms with E-state index in [4.69, 9.17) is 16.0 Å². The van der Waals surface area contributed by atoms with Gasteiger partial charge in [0, 0.05) is 16.3 Å². The zero-order chi connectivity index (χ0) is 16.4. The molecule has 2 aromatic carbocycles. The van der Waals surface area contributed by atoms with Crippen molar-refractivity contribution in [3.05, 3.63) is 70.6 Å². The van der Waals surface area contributed by atoms with Gasteiger partial charge in [-0.3, -0.25) is 4.79 Å². The molecule has 1 heterocycles. The third-order valence-electron chi connectivity index (χ3n) is 3.46. The van der Waals surface area contributed by atoms with Gasteiger partial charge >= 0.3 is 0 Å². The van der Waals surface area contributed by atoms with Gasteiger partial charge in [0.05, 0.1) is 0 Å². The lowest BCUT2D eigenvalue weighted by Crippen LogP contribution is -2.13. The quantitative estimate of drug-likeness (QED) is 0.747. The first-order chi connectivity index (χ1) is 11.0. The van der Waals surface area contributed by atoms with E-state index in [1.165, 1.54) is 0 Å². The predicted octanol–water partition coefficient (Wildman–Crippen LogP) is 4.86. The van der Waals surface area contributed by atoms with Crippen LogP contribution in [-0.4, -0.2) is 10.9 Å². The first kappa shape index (κ1) is 15.3. The lowest BCUT2D eigenvalue weighted by Gasteiger charge is -2.05. The molecule has 0 aliphatic heterocycles. The van der Waals surface area contributed by atoms with Crippen LogP contribution in [0.15, 0.2) is 52.9 Å². The molecule has 3 rings (SSSR count). The standard InChI is InChI=1S/C18H15ClN2O2/c1-11-8-9-14(10-15(11)19)20-17(22)16-12(2)23-18(21-16)13-6-4-3-5-7-13/h3-10H,1-2H3,(H,20,22). The van der Waals surface area contributed by atoms with Crippen LogP contribution in [0.4, 0.5) is 5.69 Å². The molecule has 4 nitrogen and oxygen atoms in total. The maximum Gasteiger partial charge on any atom is 0.277 e. The van der Waals surface area contributed by atoms with Gasteiger partial charge in [-0.15, -0.1) is 0 Å². The van der Waals surface area contributed by atoms with Crippen LogP contribution in [0, 0.1) is 13.8 Å². The molecule has 1 amide bonds. The van der Waals surface area contributed by atoms with Crippen molar-refractivity contribution in [3.8, 4) is 11.5 Å². The number of benzene rings is 2. The molecule has 0 spiro atoms. The molecule has 0 atom stereocenters. The summed E-state index contributed by atoms with van der Waals surface area (Å²) in [4.78, 5) is 16.7. The average molecular weight is 327 g/mol. The van der Waals surface area contributed by atoms with E-state index >= 15 is 0 Å². The monoisotopic (exact) mass is 326 g/mol. The lowest BCUT2D eigenvalue weighted by molar-refractivity contribution is 0.102. The number of carbonyl (C=O) groups is 1. The van der Waals surface area contributed by atoms with Crippen molar-refractivity contribution in [2.45, 2.75) is 13.8 Å². The molecule has 116 valence electrons. The summed E-state index contributed by atoms with van der Waals surface area (Å²) in [7, 11) is 0. The Kier molecular flexibility index (Phi) is 4.17. The fraction of sp³-hybridized carbons (Fsp3) is 0.111. The molecule has 23 heavy (non-hydrogen) atoms. The second-order valence-corrected chi connectivity index (χ2v) is 5.62. The molecule has 1 N–H and O–H groups in total. The van der Waals surface area contributed by atoms with Crippen molar-refractivity contribution in [1.82, 2.24) is 4.98 Å². The molecule has 0 radical (unpaired) electrons. The van der Waals surface area contributed by atoms with E-state index in [2.05, 4.69) is 10.3 Å². The summed E-state index contributed by atoms with van der Waals surface area (Å²) in [6.45, 7) is 3.62. The number of hydrogen-bond acceptors (Lipinski definition) is 3. The number of aryl methyl sites for hydroxylation is 2. The number of nitrogens with zero attached hydrogens (tertiary/aromatic N) is 1. The Balaban J connectivity index is 1.85. The lowest BCUT2D eigenvalue weighted by atomic mass is 10.2. The second kappa shape index (κ2) is 6.26. The molecule has 0 saturated carbocycles. The first-order valence-electron chi connectivity index (χ1n) is 7.15. The van der Waals surface area contributed by atoms with E-state index in [0.717, 1.165) is 11.1 Å². The molecule has 0 fully saturated rings. The van der Waals surface area contributed by atoms with E-state index in [9.17, 15) is 4.79 Å². The molecule has 0 aliphatic rings. The smallest absolute Gasteiger partial charge is 0.277 e. The summed E-state index contributed by atoms with van der Waals surface area (Å²) in [5.74, 6) is 0.572. The zero-order valence-corrected chi connectivity index (χ0v) is 13.5. The minimum atomic E-state index is -0.326. The van der Waals surface area contributed by atoms with Crippen LogP contribution >= 0.6 is 11.6 Å². The Labute approximate surface area is 139 Å². The van der Waals surface area contributed by atoms with E-state index in [0.29, 0.717) is 22.4 Å². The third-order valence-corrected chi connectivity index (χ3v) is 3.87. The van der Waals surface area contributed by atoms with Crippen LogP contribution in [-0.2, 0) is 0 Å². The SMILES string of the molecule is Cc1ccc(NC(=O)c2nc(-c3ccccc3)oc2C)cc1Cl. The number of oxazole rings is 1. The average Bonchev–Trinajstić information content (AvgIpc) is 2.94. The van der Waals surface area contributed by atoms with Crippen LogP contribution in [0.3, 0.4) is 0 Å². The Morgan fingerprint density at radius 2 is 1.87 bits per heavy atom. The Morgan fingerprint density at radius 3 is 2.57 bits per heavy atom. The molecule has 0 bridgehead atoms. The Bertz CT molecular complexity index is 857. The number of rotatable bonds is 3. The van der Waals surface area contributed by atoms with Crippen molar-refractivity contribution in [2.75, 3.05) is 5.32 Å². The number of hydrogen-bond donors (Lipinski definition) is 1. The molecule has 3 aromatic rings. The normalized spacial score (nSPS) is 10.6. The number of nitrogens with one attached hydrogen (secondary N) is 1. The summed E-state index contributed by atoms with van der Waals surface area (Å²) in [5, 5.41) is 3.39. The largest absolute Gasteiger partial charge is 0.441 e. The van der Waals surface area contributed by atoms with Gasteiger partial charge in [0.15, 0.2) is 5.69 Å². The fourth-order valence-corrected chi connectivity index (χ4v) is 2.35. The van der Waals surface area contributed by atoms with Gasteiger partial charge < -0.3 is 9.73 Å². The summed E-state index contributed by atoms with van der Waals surface area (Å²) < 4.78 is 5.60. The molecule has 0 aliphatic carbocycles. The summed E-state index contributed by atoms with van der Waals surface area (Å²) in [5.41, 5.74) is 2.66. The van der Waals surface area contributed by atoms with Gasteiger partial charge in [-0.25, -0.2) is 4.98 Å². The third kappa shape index (κ3) is 3.27. The predicted molar refractivity (Wildman–Crippen MR) is 90.8 cm³/mol. The number of aromatic nitrogens is 1. The minimum Gasteiger partial charge on any atom is -0.441 e. The molecular weight excluding hydrogens is 312 g/mol. The van der Waals surface area contributed by atoms with Crippen molar-refractivity contribution in [1.29, 1.82) is 0 Å². The first-order valence-corrected chi connectivity index (χ1v) is 7.53. The Hall–Kier alpha value is -2.59. The minimum absolute atomic E-state index is 0.264. The van der Waals surface area contributed by atoms with Gasteiger partial charge in [-0.1, -0.05) is 35.9 Å². The molecular formula is C18H15ClN2O2. The maximum atomic E-state index is 12.4. The molecule has 1 aromatic heterocycles. The number of anilines is 1. The summed E-state index contributed by atoms with van der Waals surface area (Å²) in [6.07, 6.45) is 0. The van der Waals surface area contributed by atoms with Gasteiger partial charge in [-0.05, 0) is 43.7 Å². The topological polar surface area (TPSA) is 55.1 Å². The van der Waals surface area contributed by atoms with Crippen LogP contribution in [0.5, 0.6) is 0 Å². The van der Waals surface area contributed by atoms with Gasteiger partial charge in [0.25, 0.3) is 5.91 Å². The van der Waals surface area contributed by atoms with Crippen LogP contribution in [0.2, 0.25) is 5.02 Å². The van der Waals surface area contributed by atoms with Crippen LogP contribution in [0.25, 0.3) is 11.5 Å². The van der Waals surface area contributed by atoms with E-state index < -0.39 is 0 Å². The number of carbonyl (C=O) groups excluding carboxylic acids is 1. The van der Waals surface area contributed by atoms with Crippen molar-refractivity contribution in [2.24, 2.45) is 0 Å². The van der Waals surface area contributed by atoms with Gasteiger partial charge in [0.1, 0.15) is 5.76 Å². The molecule has 5 heteroatoms. The van der Waals surface area contributed by atoms with Crippen LogP contribution in [0.1, 0.15) is 21.8 Å². The highest BCUT2D eigenvalue weighted by molar-refractivity contribution is 6.31. The van der Waals surface area contributed by atoms with E-state index in [-0.39, 0.29) is 11.6 Å². The van der Waals surface area contributed by atoms with Gasteiger partial charge in [-0.2, -0.15) is 0 Å². The highest BCUT2D eigenvalue weighted by Crippen LogP contribution is 2.23. The van der Waals surface area contributed by atoms with Crippen molar-refractivity contribution < 1.29 is 9.21 Å². The fourth-order valence-electron chi connectivity index (χ4n) is 2.17. The number of halogens is 1. The Morgan fingerprint density at radius 1 is 1.13 bits per heavy atom. The second-order valence-electron chi connectivity index (χ2n) is 5.21. The van der Waals surface area contributed by atoms with E-state index in [1.54, 1.807) is 19.1 Å². The molecule has 0 saturated heterocycles.